The van der Waals surface area contributed by atoms with Gasteiger partial charge in [-0.2, -0.15) is 0 Å². The van der Waals surface area contributed by atoms with Crippen LogP contribution in [0.2, 0.25) is 0 Å². The topological polar surface area (TPSA) is 6.48 Å². The molecule has 1 aliphatic heterocycles. The molecule has 2 nitrogen and oxygen atoms in total. The molecule has 22 heavy (non-hydrogen) atoms. The lowest BCUT2D eigenvalue weighted by atomic mass is 9.64. The second-order valence-corrected chi connectivity index (χ2v) is 8.55. The van der Waals surface area contributed by atoms with E-state index in [0.717, 1.165) is 25.7 Å². The van der Waals surface area contributed by atoms with Gasteiger partial charge in [-0.1, -0.05) is 34.3 Å². The van der Waals surface area contributed by atoms with Gasteiger partial charge in [0.05, 0.1) is 11.1 Å². The first kappa shape index (κ1) is 19.5. The van der Waals surface area contributed by atoms with E-state index >= 15 is 0 Å². The van der Waals surface area contributed by atoms with E-state index in [4.69, 9.17) is 0 Å². The van der Waals surface area contributed by atoms with Crippen LogP contribution in [0.5, 0.6) is 0 Å². The van der Waals surface area contributed by atoms with Crippen LogP contribution < -0.4 is 0 Å². The van der Waals surface area contributed by atoms with E-state index < -0.39 is 0 Å². The molecule has 1 aliphatic rings. The number of nitrogens with zero attached hydrogens (tertiary/aromatic N) is 2. The van der Waals surface area contributed by atoms with Crippen molar-refractivity contribution in [1.29, 1.82) is 0 Å². The molecular weight excluding hydrogens is 268 g/mol. The predicted molar refractivity (Wildman–Crippen MR) is 99.2 cm³/mol. The zero-order valence-electron chi connectivity index (χ0n) is 16.9. The molecule has 0 atom stereocenters. The Morgan fingerprint density at radius 2 is 1.32 bits per heavy atom. The zero-order chi connectivity index (χ0) is 17.6. The largest absolute Gasteiger partial charge is 0.362 e. The lowest BCUT2D eigenvalue weighted by Gasteiger charge is -2.71. The SMILES string of the molecule is C=C1N(C(C)(C)C)C(C)(C)C(CC)(CC)N(C)C1(CC)CC. The Morgan fingerprint density at radius 3 is 1.59 bits per heavy atom. The minimum absolute atomic E-state index is 0.0500. The van der Waals surface area contributed by atoms with Crippen LogP contribution >= 0.6 is 0 Å². The third-order valence-electron chi connectivity index (χ3n) is 6.80. The van der Waals surface area contributed by atoms with Crippen molar-refractivity contribution in [3.63, 3.8) is 0 Å². The summed E-state index contributed by atoms with van der Waals surface area (Å²) in [5.41, 5.74) is 1.65. The molecule has 0 saturated carbocycles. The summed E-state index contributed by atoms with van der Waals surface area (Å²) in [7, 11) is 2.34. The molecule has 0 aromatic rings. The molecule has 130 valence electrons. The number of hydrogen-bond acceptors (Lipinski definition) is 2. The first-order valence-corrected chi connectivity index (χ1v) is 9.16. The highest BCUT2D eigenvalue weighted by molar-refractivity contribution is 5.30. The van der Waals surface area contributed by atoms with Gasteiger partial charge in [0, 0.05) is 16.8 Å². The van der Waals surface area contributed by atoms with E-state index in [0.29, 0.717) is 0 Å². The van der Waals surface area contributed by atoms with Gasteiger partial charge in [0.2, 0.25) is 0 Å². The van der Waals surface area contributed by atoms with Crippen molar-refractivity contribution >= 4 is 0 Å². The van der Waals surface area contributed by atoms with E-state index in [1.807, 2.05) is 0 Å². The predicted octanol–water partition coefficient (Wildman–Crippen LogP) is 5.44. The Balaban J connectivity index is 3.72. The third-order valence-corrected chi connectivity index (χ3v) is 6.80. The second kappa shape index (κ2) is 5.85. The molecule has 0 spiro atoms. The van der Waals surface area contributed by atoms with Crippen molar-refractivity contribution in [2.45, 2.75) is 110 Å². The molecule has 0 bridgehead atoms. The average molecular weight is 309 g/mol. The lowest BCUT2D eigenvalue weighted by molar-refractivity contribution is -0.159. The van der Waals surface area contributed by atoms with E-state index in [1.165, 1.54) is 5.70 Å². The van der Waals surface area contributed by atoms with E-state index in [9.17, 15) is 0 Å². The van der Waals surface area contributed by atoms with Gasteiger partial charge < -0.3 is 4.90 Å². The van der Waals surface area contributed by atoms with E-state index in [2.05, 4.69) is 85.7 Å². The first-order valence-electron chi connectivity index (χ1n) is 9.16. The molecule has 0 aliphatic carbocycles. The highest BCUT2D eigenvalue weighted by atomic mass is 15.4. The zero-order valence-corrected chi connectivity index (χ0v) is 16.9. The Hall–Kier alpha value is -0.500. The van der Waals surface area contributed by atoms with Crippen LogP contribution in [-0.4, -0.2) is 39.0 Å². The van der Waals surface area contributed by atoms with Crippen LogP contribution in [0.15, 0.2) is 12.3 Å². The summed E-state index contributed by atoms with van der Waals surface area (Å²) >= 11 is 0. The molecule has 1 saturated heterocycles. The third kappa shape index (κ3) is 2.25. The van der Waals surface area contributed by atoms with Crippen molar-refractivity contribution < 1.29 is 0 Å². The van der Waals surface area contributed by atoms with Crippen LogP contribution in [0.1, 0.15) is 88.0 Å². The fourth-order valence-electron chi connectivity index (χ4n) is 5.73. The molecule has 0 unspecified atom stereocenters. The maximum Gasteiger partial charge on any atom is 0.0601 e. The molecule has 0 amide bonds. The fraction of sp³-hybridized carbons (Fsp3) is 0.900. The first-order chi connectivity index (χ1) is 9.92. The Morgan fingerprint density at radius 1 is 0.909 bits per heavy atom. The second-order valence-electron chi connectivity index (χ2n) is 8.55. The van der Waals surface area contributed by atoms with Crippen molar-refractivity contribution in [3.05, 3.63) is 12.3 Å². The quantitative estimate of drug-likeness (QED) is 0.682. The summed E-state index contributed by atoms with van der Waals surface area (Å²) in [5, 5.41) is 0. The number of rotatable bonds is 4. The Bertz CT molecular complexity index is 406. The van der Waals surface area contributed by atoms with Gasteiger partial charge in [0.25, 0.3) is 0 Å². The molecule has 0 radical (unpaired) electrons. The van der Waals surface area contributed by atoms with Gasteiger partial charge in [-0.3, -0.25) is 4.90 Å². The van der Waals surface area contributed by atoms with Crippen molar-refractivity contribution in [3.8, 4) is 0 Å². The highest BCUT2D eigenvalue weighted by Crippen LogP contribution is 2.54. The minimum Gasteiger partial charge on any atom is -0.362 e. The molecule has 0 aromatic heterocycles. The van der Waals surface area contributed by atoms with E-state index in [-0.39, 0.29) is 22.2 Å². The summed E-state index contributed by atoms with van der Waals surface area (Å²) in [6, 6.07) is 0. The molecule has 1 heterocycles. The Labute approximate surface area is 139 Å². The summed E-state index contributed by atoms with van der Waals surface area (Å²) in [6.45, 7) is 25.8. The summed E-state index contributed by atoms with van der Waals surface area (Å²) < 4.78 is 0. The maximum atomic E-state index is 4.62. The Kier molecular flexibility index (Phi) is 5.20. The molecule has 2 heteroatoms. The van der Waals surface area contributed by atoms with E-state index in [1.54, 1.807) is 0 Å². The normalized spacial score (nSPS) is 24.6. The highest BCUT2D eigenvalue weighted by Gasteiger charge is 2.61. The lowest BCUT2D eigenvalue weighted by Crippen LogP contribution is -2.79. The van der Waals surface area contributed by atoms with Gasteiger partial charge in [-0.05, 0) is 67.3 Å². The monoisotopic (exact) mass is 308 g/mol. The standard InChI is InChI=1S/C20H40N2/c1-12-19(13-2)16(5)22(17(6,7)8)18(9,10)20(14-3,15-4)21(19)11/h5,12-15H2,1-4,6-11H3. The molecule has 0 aromatic carbocycles. The van der Waals surface area contributed by atoms with Crippen molar-refractivity contribution in [1.82, 2.24) is 9.80 Å². The summed E-state index contributed by atoms with van der Waals surface area (Å²) in [4.78, 5) is 5.32. The molecule has 0 N–H and O–H groups in total. The maximum absolute atomic E-state index is 4.62. The van der Waals surface area contributed by atoms with Gasteiger partial charge >= 0.3 is 0 Å². The van der Waals surface area contributed by atoms with Crippen LogP contribution in [0.3, 0.4) is 0 Å². The fourth-order valence-corrected chi connectivity index (χ4v) is 5.73. The number of piperazine rings is 1. The van der Waals surface area contributed by atoms with Crippen molar-refractivity contribution in [2.24, 2.45) is 0 Å². The van der Waals surface area contributed by atoms with Gasteiger partial charge in [-0.25, -0.2) is 0 Å². The summed E-state index contributed by atoms with van der Waals surface area (Å²) in [6.07, 6.45) is 4.55. The minimum atomic E-state index is 0.0500. The number of likely N-dealkylation sites (N-methyl/N-ethyl adjacent to an activating group) is 1. The molecular formula is C20H40N2. The van der Waals surface area contributed by atoms with Gasteiger partial charge in [-0.15, -0.1) is 0 Å². The smallest absolute Gasteiger partial charge is 0.0601 e. The van der Waals surface area contributed by atoms with Crippen LogP contribution in [0.4, 0.5) is 0 Å². The van der Waals surface area contributed by atoms with Crippen molar-refractivity contribution in [2.75, 3.05) is 7.05 Å². The molecule has 1 fully saturated rings. The molecule has 1 rings (SSSR count). The van der Waals surface area contributed by atoms with Gasteiger partial charge in [0.1, 0.15) is 0 Å². The summed E-state index contributed by atoms with van der Waals surface area (Å²) in [5.74, 6) is 0. The van der Waals surface area contributed by atoms with Crippen LogP contribution in [-0.2, 0) is 0 Å². The number of hydrogen-bond donors (Lipinski definition) is 0. The van der Waals surface area contributed by atoms with Crippen LogP contribution in [0, 0.1) is 0 Å². The van der Waals surface area contributed by atoms with Gasteiger partial charge in [0.15, 0.2) is 0 Å². The van der Waals surface area contributed by atoms with Crippen LogP contribution in [0.25, 0.3) is 0 Å². The average Bonchev–Trinajstić information content (AvgIpc) is 2.39.